The zero-order valence-corrected chi connectivity index (χ0v) is 10.8. The van der Waals surface area contributed by atoms with Crippen molar-refractivity contribution in [3.63, 3.8) is 0 Å². The molecule has 0 amide bonds. The Morgan fingerprint density at radius 2 is 2.14 bits per heavy atom. The van der Waals surface area contributed by atoms with Crippen LogP contribution in [0.3, 0.4) is 0 Å². The third-order valence-corrected chi connectivity index (χ3v) is 3.96. The molecule has 0 aliphatic heterocycles. The van der Waals surface area contributed by atoms with Crippen LogP contribution in [0.4, 0.5) is 0 Å². The second kappa shape index (κ2) is 4.45. The Morgan fingerprint density at radius 3 is 2.43 bits per heavy atom. The number of aryl methyl sites for hydroxylation is 1. The molecular weight excluding hydrogens is 264 g/mol. The first-order valence-electron chi connectivity index (χ1n) is 4.42. The number of aliphatic carboxylic acids is 1. The molecule has 1 aromatic rings. The van der Waals surface area contributed by atoms with Gasteiger partial charge in [-0.15, -0.1) is 11.3 Å². The van der Waals surface area contributed by atoms with Crippen molar-refractivity contribution in [1.82, 2.24) is 0 Å². The molecule has 0 saturated heterocycles. The monoisotopic (exact) mass is 276 g/mol. The highest BCUT2D eigenvalue weighted by molar-refractivity contribution is 9.11. The van der Waals surface area contributed by atoms with Crippen molar-refractivity contribution in [3.8, 4) is 0 Å². The van der Waals surface area contributed by atoms with Gasteiger partial charge >= 0.3 is 5.97 Å². The maximum atomic E-state index is 11.1. The molecule has 1 aromatic heterocycles. The molecule has 0 aromatic carbocycles. The summed E-state index contributed by atoms with van der Waals surface area (Å²) in [7, 11) is 0. The van der Waals surface area contributed by atoms with Crippen LogP contribution in [0.5, 0.6) is 0 Å². The van der Waals surface area contributed by atoms with Gasteiger partial charge in [-0.05, 0) is 40.4 Å². The van der Waals surface area contributed by atoms with E-state index in [1.807, 2.05) is 26.8 Å². The molecule has 1 rings (SSSR count). The molecule has 0 saturated carbocycles. The van der Waals surface area contributed by atoms with Crippen LogP contribution in [0.2, 0.25) is 0 Å². The largest absolute Gasteiger partial charge is 0.481 e. The molecule has 4 heteroatoms. The number of rotatable bonds is 3. The summed E-state index contributed by atoms with van der Waals surface area (Å²) in [6.45, 7) is 5.83. The van der Waals surface area contributed by atoms with Crippen LogP contribution < -0.4 is 0 Å². The van der Waals surface area contributed by atoms with Gasteiger partial charge in [0.05, 0.1) is 9.70 Å². The molecule has 1 N–H and O–H groups in total. The van der Waals surface area contributed by atoms with Crippen molar-refractivity contribution in [3.05, 3.63) is 20.3 Å². The van der Waals surface area contributed by atoms with Crippen molar-refractivity contribution >= 4 is 33.2 Å². The second-order valence-corrected chi connectivity index (χ2v) is 6.12. The molecule has 14 heavy (non-hydrogen) atoms. The predicted molar refractivity (Wildman–Crippen MR) is 62.0 cm³/mol. The minimum absolute atomic E-state index is 0.122. The van der Waals surface area contributed by atoms with Gasteiger partial charge in [-0.2, -0.15) is 0 Å². The SMILES string of the molecule is Cc1cc(Br)sc1C(C(=O)O)C(C)C. The highest BCUT2D eigenvalue weighted by atomic mass is 79.9. The van der Waals surface area contributed by atoms with Crippen LogP contribution in [0.15, 0.2) is 9.85 Å². The molecule has 0 bridgehead atoms. The van der Waals surface area contributed by atoms with Crippen LogP contribution in [0.25, 0.3) is 0 Å². The summed E-state index contributed by atoms with van der Waals surface area (Å²) in [6, 6.07) is 1.97. The number of hydrogen-bond acceptors (Lipinski definition) is 2. The average molecular weight is 277 g/mol. The highest BCUT2D eigenvalue weighted by Gasteiger charge is 2.26. The Morgan fingerprint density at radius 1 is 1.57 bits per heavy atom. The van der Waals surface area contributed by atoms with Gasteiger partial charge in [0, 0.05) is 4.88 Å². The van der Waals surface area contributed by atoms with Gasteiger partial charge in [-0.3, -0.25) is 4.79 Å². The van der Waals surface area contributed by atoms with Crippen molar-refractivity contribution in [2.45, 2.75) is 26.7 Å². The lowest BCUT2D eigenvalue weighted by Crippen LogP contribution is -2.16. The zero-order chi connectivity index (χ0) is 10.9. The molecule has 0 radical (unpaired) electrons. The smallest absolute Gasteiger partial charge is 0.312 e. The normalized spacial score (nSPS) is 13.2. The summed E-state index contributed by atoms with van der Waals surface area (Å²) in [6.07, 6.45) is 0. The predicted octanol–water partition coefficient (Wildman–Crippen LogP) is 3.64. The zero-order valence-electron chi connectivity index (χ0n) is 8.37. The molecule has 0 aliphatic carbocycles. The number of carbonyl (C=O) groups is 1. The van der Waals surface area contributed by atoms with E-state index >= 15 is 0 Å². The lowest BCUT2D eigenvalue weighted by atomic mass is 9.93. The number of carboxylic acids is 1. The molecule has 0 spiro atoms. The lowest BCUT2D eigenvalue weighted by Gasteiger charge is -2.15. The molecule has 0 fully saturated rings. The number of hydrogen-bond donors (Lipinski definition) is 1. The van der Waals surface area contributed by atoms with E-state index < -0.39 is 5.97 Å². The summed E-state index contributed by atoms with van der Waals surface area (Å²) < 4.78 is 0.997. The van der Waals surface area contributed by atoms with Crippen molar-refractivity contribution in [1.29, 1.82) is 0 Å². The maximum Gasteiger partial charge on any atom is 0.312 e. The van der Waals surface area contributed by atoms with E-state index in [1.165, 1.54) is 11.3 Å². The van der Waals surface area contributed by atoms with E-state index in [9.17, 15) is 4.79 Å². The Labute approximate surface area is 96.1 Å². The van der Waals surface area contributed by atoms with Gasteiger partial charge in [0.15, 0.2) is 0 Å². The molecule has 1 heterocycles. The maximum absolute atomic E-state index is 11.1. The van der Waals surface area contributed by atoms with Gasteiger partial charge < -0.3 is 5.11 Å². The van der Waals surface area contributed by atoms with Gasteiger partial charge in [0.1, 0.15) is 0 Å². The fourth-order valence-corrected chi connectivity index (χ4v) is 3.50. The average Bonchev–Trinajstić information content (AvgIpc) is 2.29. The quantitative estimate of drug-likeness (QED) is 0.915. The van der Waals surface area contributed by atoms with E-state index in [4.69, 9.17) is 5.11 Å². The topological polar surface area (TPSA) is 37.3 Å². The minimum Gasteiger partial charge on any atom is -0.481 e. The van der Waals surface area contributed by atoms with Crippen molar-refractivity contribution in [2.75, 3.05) is 0 Å². The third-order valence-electron chi connectivity index (χ3n) is 2.14. The summed E-state index contributed by atoms with van der Waals surface area (Å²) in [5.74, 6) is -1.000. The Kier molecular flexibility index (Phi) is 3.72. The van der Waals surface area contributed by atoms with Gasteiger partial charge in [-0.1, -0.05) is 13.8 Å². The first kappa shape index (κ1) is 11.7. The van der Waals surface area contributed by atoms with E-state index in [1.54, 1.807) is 0 Å². The first-order chi connectivity index (χ1) is 6.43. The molecule has 2 nitrogen and oxygen atoms in total. The van der Waals surface area contributed by atoms with Crippen LogP contribution in [0.1, 0.15) is 30.2 Å². The Balaban J connectivity index is 3.11. The van der Waals surface area contributed by atoms with E-state index in [-0.39, 0.29) is 11.8 Å². The summed E-state index contributed by atoms with van der Waals surface area (Å²) >= 11 is 4.89. The summed E-state index contributed by atoms with van der Waals surface area (Å²) in [5.41, 5.74) is 1.06. The molecule has 1 atom stereocenters. The molecule has 78 valence electrons. The van der Waals surface area contributed by atoms with Gasteiger partial charge in [-0.25, -0.2) is 0 Å². The van der Waals surface area contributed by atoms with Gasteiger partial charge in [0.2, 0.25) is 0 Å². The Hall–Kier alpha value is -0.350. The Bertz CT molecular complexity index is 344. The van der Waals surface area contributed by atoms with E-state index in [2.05, 4.69) is 15.9 Å². The number of halogens is 1. The summed E-state index contributed by atoms with van der Waals surface area (Å²) in [4.78, 5) is 12.1. The highest BCUT2D eigenvalue weighted by Crippen LogP contribution is 2.36. The lowest BCUT2D eigenvalue weighted by molar-refractivity contribution is -0.139. The number of carboxylic acid groups (broad SMARTS) is 1. The first-order valence-corrected chi connectivity index (χ1v) is 6.03. The minimum atomic E-state index is -0.738. The summed E-state index contributed by atoms with van der Waals surface area (Å²) in [5, 5.41) is 9.12. The molecule has 0 aliphatic rings. The van der Waals surface area contributed by atoms with Crippen molar-refractivity contribution in [2.24, 2.45) is 5.92 Å². The number of thiophene rings is 1. The van der Waals surface area contributed by atoms with Crippen molar-refractivity contribution < 1.29 is 9.90 Å². The van der Waals surface area contributed by atoms with Gasteiger partial charge in [0.25, 0.3) is 0 Å². The second-order valence-electron chi connectivity index (χ2n) is 3.66. The standard InChI is InChI=1S/C10H13BrO2S/c1-5(2)8(10(12)13)9-6(3)4-7(11)14-9/h4-5,8H,1-3H3,(H,12,13). The third kappa shape index (κ3) is 2.36. The van der Waals surface area contributed by atoms with Crippen LogP contribution in [-0.2, 0) is 4.79 Å². The fourth-order valence-electron chi connectivity index (χ4n) is 1.47. The van der Waals surface area contributed by atoms with Crippen LogP contribution in [-0.4, -0.2) is 11.1 Å². The van der Waals surface area contributed by atoms with E-state index in [0.29, 0.717) is 0 Å². The molecular formula is C10H13BrO2S. The fraction of sp³-hybridized carbons (Fsp3) is 0.500. The van der Waals surface area contributed by atoms with Crippen LogP contribution >= 0.6 is 27.3 Å². The van der Waals surface area contributed by atoms with E-state index in [0.717, 1.165) is 14.2 Å². The van der Waals surface area contributed by atoms with Crippen LogP contribution in [0, 0.1) is 12.8 Å². The molecule has 1 unspecified atom stereocenters.